The first-order valence-electron chi connectivity index (χ1n) is 7.38. The van der Waals surface area contributed by atoms with Crippen molar-refractivity contribution >= 4 is 29.4 Å². The molecule has 0 spiro atoms. The van der Waals surface area contributed by atoms with Crippen molar-refractivity contribution in [1.29, 1.82) is 0 Å². The number of benzene rings is 1. The van der Waals surface area contributed by atoms with E-state index in [4.69, 9.17) is 20.4 Å². The zero-order valence-electron chi connectivity index (χ0n) is 13.4. The molecule has 1 N–H and O–H groups in total. The van der Waals surface area contributed by atoms with Gasteiger partial charge in [-0.05, 0) is 43.3 Å². The molecule has 0 bridgehead atoms. The quantitative estimate of drug-likeness (QED) is 0.410. The molecular formula is C17H12ClN3O5. The van der Waals surface area contributed by atoms with Gasteiger partial charge >= 0.3 is 5.91 Å². The van der Waals surface area contributed by atoms with E-state index in [0.29, 0.717) is 22.8 Å². The molecule has 0 aliphatic carbocycles. The van der Waals surface area contributed by atoms with E-state index >= 15 is 0 Å². The van der Waals surface area contributed by atoms with E-state index in [1.54, 1.807) is 37.3 Å². The van der Waals surface area contributed by atoms with Crippen LogP contribution in [0.25, 0.3) is 11.3 Å². The summed E-state index contributed by atoms with van der Waals surface area (Å²) in [5.41, 5.74) is 2.60. The molecule has 1 aromatic carbocycles. The third-order valence-electron chi connectivity index (χ3n) is 3.38. The molecule has 26 heavy (non-hydrogen) atoms. The number of halogens is 1. The highest BCUT2D eigenvalue weighted by atomic mass is 35.5. The Morgan fingerprint density at radius 2 is 2.04 bits per heavy atom. The van der Waals surface area contributed by atoms with Crippen LogP contribution >= 0.6 is 11.6 Å². The highest BCUT2D eigenvalue weighted by Gasteiger charge is 2.15. The zero-order valence-corrected chi connectivity index (χ0v) is 14.2. The van der Waals surface area contributed by atoms with E-state index in [9.17, 15) is 14.9 Å². The van der Waals surface area contributed by atoms with E-state index < -0.39 is 10.8 Å². The summed E-state index contributed by atoms with van der Waals surface area (Å²) in [7, 11) is 0. The van der Waals surface area contributed by atoms with Crippen molar-refractivity contribution in [3.63, 3.8) is 0 Å². The van der Waals surface area contributed by atoms with Gasteiger partial charge in [0.15, 0.2) is 5.76 Å². The lowest BCUT2D eigenvalue weighted by Crippen LogP contribution is -2.16. The molecule has 2 heterocycles. The zero-order chi connectivity index (χ0) is 18.7. The fourth-order valence-electron chi connectivity index (χ4n) is 2.15. The maximum absolute atomic E-state index is 11.8. The molecule has 132 valence electrons. The minimum Gasteiger partial charge on any atom is -0.456 e. The Bertz CT molecular complexity index is 1010. The maximum atomic E-state index is 11.8. The van der Waals surface area contributed by atoms with E-state index in [0.717, 1.165) is 0 Å². The molecule has 0 fully saturated rings. The summed E-state index contributed by atoms with van der Waals surface area (Å²) in [5, 5.41) is 14.8. The number of nitrogens with zero attached hydrogens (tertiary/aromatic N) is 2. The fourth-order valence-corrected chi connectivity index (χ4v) is 2.34. The molecule has 0 saturated heterocycles. The maximum Gasteiger partial charge on any atom is 0.307 e. The summed E-state index contributed by atoms with van der Waals surface area (Å²) < 4.78 is 10.7. The number of aryl methyl sites for hydroxylation is 1. The minimum atomic E-state index is -0.566. The fraction of sp³-hybridized carbons (Fsp3) is 0.0588. The van der Waals surface area contributed by atoms with Crippen LogP contribution in [0.2, 0.25) is 5.02 Å². The third kappa shape index (κ3) is 3.81. The average molecular weight is 374 g/mol. The van der Waals surface area contributed by atoms with Crippen LogP contribution in [-0.2, 0) is 0 Å². The topological polar surface area (TPSA) is 111 Å². The third-order valence-corrected chi connectivity index (χ3v) is 3.70. The van der Waals surface area contributed by atoms with Gasteiger partial charge in [0.1, 0.15) is 22.3 Å². The molecule has 3 rings (SSSR count). The van der Waals surface area contributed by atoms with Crippen molar-refractivity contribution in [3.05, 3.63) is 74.9 Å². The number of hydrogen-bond acceptors (Lipinski definition) is 6. The molecule has 0 saturated carbocycles. The summed E-state index contributed by atoms with van der Waals surface area (Å²) in [5.74, 6) is 1.03. The van der Waals surface area contributed by atoms with Crippen molar-refractivity contribution in [2.75, 3.05) is 0 Å². The van der Waals surface area contributed by atoms with Gasteiger partial charge in [-0.1, -0.05) is 11.6 Å². The molecule has 0 aliphatic rings. The molecule has 0 radical (unpaired) electrons. The number of hydrazone groups is 1. The second-order valence-electron chi connectivity index (χ2n) is 5.23. The molecule has 1 amide bonds. The van der Waals surface area contributed by atoms with Crippen LogP contribution in [0.3, 0.4) is 0 Å². The lowest BCUT2D eigenvalue weighted by molar-refractivity contribution is -0.384. The van der Waals surface area contributed by atoms with Crippen molar-refractivity contribution in [2.24, 2.45) is 5.10 Å². The van der Waals surface area contributed by atoms with Crippen LogP contribution < -0.4 is 5.43 Å². The summed E-state index contributed by atoms with van der Waals surface area (Å²) >= 11 is 5.79. The summed E-state index contributed by atoms with van der Waals surface area (Å²) in [4.78, 5) is 22.2. The van der Waals surface area contributed by atoms with Crippen LogP contribution in [-0.4, -0.2) is 17.0 Å². The van der Waals surface area contributed by atoms with Crippen LogP contribution in [0.1, 0.15) is 22.1 Å². The van der Waals surface area contributed by atoms with Crippen molar-refractivity contribution in [3.8, 4) is 11.3 Å². The lowest BCUT2D eigenvalue weighted by Gasteiger charge is -1.99. The monoisotopic (exact) mass is 373 g/mol. The van der Waals surface area contributed by atoms with Crippen molar-refractivity contribution < 1.29 is 18.6 Å². The Balaban J connectivity index is 1.71. The van der Waals surface area contributed by atoms with E-state index in [1.165, 1.54) is 18.3 Å². The smallest absolute Gasteiger partial charge is 0.307 e. The van der Waals surface area contributed by atoms with Gasteiger partial charge in [-0.25, -0.2) is 5.43 Å². The van der Waals surface area contributed by atoms with Gasteiger partial charge in [0, 0.05) is 11.6 Å². The SMILES string of the molecule is Cc1ccc(C(=O)N/N=C\c2ccc(-c3ccc(Cl)c([N+](=O)[O-])c3)o2)o1. The first kappa shape index (κ1) is 17.4. The molecule has 9 heteroatoms. The molecule has 3 aromatic rings. The first-order chi connectivity index (χ1) is 12.4. The molecule has 0 aliphatic heterocycles. The summed E-state index contributed by atoms with van der Waals surface area (Å²) in [6.45, 7) is 1.73. The van der Waals surface area contributed by atoms with Crippen molar-refractivity contribution in [1.82, 2.24) is 5.43 Å². The largest absolute Gasteiger partial charge is 0.456 e. The van der Waals surface area contributed by atoms with Gasteiger partial charge in [-0.3, -0.25) is 14.9 Å². The van der Waals surface area contributed by atoms with E-state index in [2.05, 4.69) is 10.5 Å². The Labute approximate surface area is 152 Å². The minimum absolute atomic E-state index is 0.0444. The van der Waals surface area contributed by atoms with Gasteiger partial charge < -0.3 is 8.83 Å². The van der Waals surface area contributed by atoms with Crippen molar-refractivity contribution in [2.45, 2.75) is 6.92 Å². The summed E-state index contributed by atoms with van der Waals surface area (Å²) in [6.07, 6.45) is 1.31. The summed E-state index contributed by atoms with van der Waals surface area (Å²) in [6, 6.07) is 10.8. The molecule has 2 aromatic heterocycles. The van der Waals surface area contributed by atoms with Crippen LogP contribution in [0.4, 0.5) is 5.69 Å². The molecular weight excluding hydrogens is 362 g/mol. The number of hydrogen-bond donors (Lipinski definition) is 1. The Kier molecular flexibility index (Phi) is 4.85. The Hall–Kier alpha value is -3.39. The highest BCUT2D eigenvalue weighted by Crippen LogP contribution is 2.30. The molecule has 8 nitrogen and oxygen atoms in total. The predicted octanol–water partition coefficient (Wildman–Crippen LogP) is 4.17. The van der Waals surface area contributed by atoms with Crippen LogP contribution in [0, 0.1) is 17.0 Å². The number of rotatable bonds is 5. The normalized spacial score (nSPS) is 11.0. The lowest BCUT2D eigenvalue weighted by atomic mass is 10.1. The number of carbonyl (C=O) groups excluding carboxylic acids is 1. The van der Waals surface area contributed by atoms with Gasteiger partial charge in [0.2, 0.25) is 0 Å². The predicted molar refractivity (Wildman–Crippen MR) is 94.3 cm³/mol. The number of amides is 1. The number of nitrogens with one attached hydrogen (secondary N) is 1. The second-order valence-corrected chi connectivity index (χ2v) is 5.64. The van der Waals surface area contributed by atoms with Gasteiger partial charge in [0.05, 0.1) is 11.1 Å². The van der Waals surface area contributed by atoms with Gasteiger partial charge in [-0.15, -0.1) is 0 Å². The molecule has 0 unspecified atom stereocenters. The first-order valence-corrected chi connectivity index (χ1v) is 7.76. The highest BCUT2D eigenvalue weighted by molar-refractivity contribution is 6.32. The second kappa shape index (κ2) is 7.24. The Morgan fingerprint density at radius 3 is 2.73 bits per heavy atom. The number of nitro groups is 1. The van der Waals surface area contributed by atoms with E-state index in [1.807, 2.05) is 0 Å². The standard InChI is InChI=1S/C17H12ClN3O5/c1-10-2-6-16(25-10)17(22)20-19-9-12-4-7-15(26-12)11-3-5-13(18)14(8-11)21(23)24/h2-9H,1H3,(H,20,22)/b19-9-. The van der Waals surface area contributed by atoms with Crippen LogP contribution in [0.15, 0.2) is 56.4 Å². The van der Waals surface area contributed by atoms with Crippen LogP contribution in [0.5, 0.6) is 0 Å². The van der Waals surface area contributed by atoms with E-state index in [-0.39, 0.29) is 16.5 Å². The number of nitro benzene ring substituents is 1. The molecule has 0 atom stereocenters. The average Bonchev–Trinajstić information content (AvgIpc) is 3.24. The number of furan rings is 2. The van der Waals surface area contributed by atoms with Gasteiger partial charge in [-0.2, -0.15) is 5.10 Å². The number of carbonyl (C=O) groups is 1. The van der Waals surface area contributed by atoms with Gasteiger partial charge in [0.25, 0.3) is 5.69 Å². The Morgan fingerprint density at radius 1 is 1.23 bits per heavy atom.